The molecular formula is C11H16ClN3. The van der Waals surface area contributed by atoms with Gasteiger partial charge in [-0.1, -0.05) is 0 Å². The summed E-state index contributed by atoms with van der Waals surface area (Å²) in [5, 5.41) is 0.252. The molecule has 0 spiro atoms. The highest BCUT2D eigenvalue weighted by atomic mass is 35.5. The van der Waals surface area contributed by atoms with Crippen LogP contribution in [0.15, 0.2) is 6.20 Å². The van der Waals surface area contributed by atoms with E-state index in [-0.39, 0.29) is 5.38 Å². The highest BCUT2D eigenvalue weighted by Gasteiger charge is 2.19. The number of aryl methyl sites for hydroxylation is 2. The van der Waals surface area contributed by atoms with Crippen LogP contribution in [0.4, 0.5) is 5.82 Å². The van der Waals surface area contributed by atoms with Gasteiger partial charge in [-0.25, -0.2) is 4.98 Å². The fraction of sp³-hybridized carbons (Fsp3) is 0.636. The van der Waals surface area contributed by atoms with Crippen LogP contribution in [-0.2, 0) is 0 Å². The van der Waals surface area contributed by atoms with Crippen LogP contribution in [0.5, 0.6) is 0 Å². The van der Waals surface area contributed by atoms with E-state index in [1.807, 2.05) is 20.0 Å². The molecule has 2 rings (SSSR count). The first-order chi connectivity index (χ1) is 7.16. The summed E-state index contributed by atoms with van der Waals surface area (Å²) < 4.78 is 0. The molecule has 82 valence electrons. The van der Waals surface area contributed by atoms with Gasteiger partial charge in [-0.05, 0) is 26.7 Å². The Hall–Kier alpha value is -0.830. The zero-order chi connectivity index (χ0) is 10.8. The normalized spacial score (nSPS) is 21.8. The van der Waals surface area contributed by atoms with Crippen LogP contribution in [0.25, 0.3) is 0 Å². The molecule has 1 aromatic rings. The monoisotopic (exact) mass is 225 g/mol. The zero-order valence-corrected chi connectivity index (χ0v) is 9.96. The first-order valence-corrected chi connectivity index (χ1v) is 5.79. The number of hydrogen-bond acceptors (Lipinski definition) is 3. The molecule has 0 saturated carbocycles. The van der Waals surface area contributed by atoms with Gasteiger partial charge in [0.1, 0.15) is 5.82 Å². The van der Waals surface area contributed by atoms with Gasteiger partial charge in [-0.3, -0.25) is 4.98 Å². The zero-order valence-electron chi connectivity index (χ0n) is 9.20. The Bertz CT molecular complexity index is 354. The van der Waals surface area contributed by atoms with E-state index < -0.39 is 0 Å². The van der Waals surface area contributed by atoms with Crippen LogP contribution >= 0.6 is 11.6 Å². The molecule has 1 atom stereocenters. The maximum atomic E-state index is 6.14. The fourth-order valence-electron chi connectivity index (χ4n) is 1.82. The number of hydrogen-bond donors (Lipinski definition) is 0. The van der Waals surface area contributed by atoms with E-state index in [0.717, 1.165) is 43.1 Å². The number of halogens is 1. The topological polar surface area (TPSA) is 29.0 Å². The van der Waals surface area contributed by atoms with Gasteiger partial charge in [0.2, 0.25) is 0 Å². The molecule has 1 unspecified atom stereocenters. The third-order valence-electron chi connectivity index (χ3n) is 2.87. The third kappa shape index (κ3) is 2.40. The van der Waals surface area contributed by atoms with Gasteiger partial charge in [-0.15, -0.1) is 11.6 Å². The van der Waals surface area contributed by atoms with Crippen LogP contribution < -0.4 is 4.90 Å². The smallest absolute Gasteiger partial charge is 0.147 e. The minimum Gasteiger partial charge on any atom is -0.354 e. The first kappa shape index (κ1) is 10.7. The van der Waals surface area contributed by atoms with E-state index in [1.165, 1.54) is 0 Å². The number of nitrogens with zero attached hydrogens (tertiary/aromatic N) is 3. The average Bonchev–Trinajstić information content (AvgIpc) is 2.22. The van der Waals surface area contributed by atoms with Crippen molar-refractivity contribution in [3.05, 3.63) is 17.6 Å². The number of anilines is 1. The summed E-state index contributed by atoms with van der Waals surface area (Å²) in [6.07, 6.45) is 4.09. The molecule has 1 fully saturated rings. The van der Waals surface area contributed by atoms with Crippen LogP contribution in [-0.4, -0.2) is 28.4 Å². The van der Waals surface area contributed by atoms with Gasteiger partial charge in [0.05, 0.1) is 23.0 Å². The molecule has 1 aromatic heterocycles. The number of alkyl halides is 1. The average molecular weight is 226 g/mol. The van der Waals surface area contributed by atoms with Crippen molar-refractivity contribution in [3.63, 3.8) is 0 Å². The van der Waals surface area contributed by atoms with Crippen LogP contribution in [0.1, 0.15) is 24.2 Å². The standard InChI is InChI=1S/C11H16ClN3/c1-8-9(2)14-11(6-13-8)15-5-3-4-10(12)7-15/h6,10H,3-5,7H2,1-2H3. The summed E-state index contributed by atoms with van der Waals surface area (Å²) >= 11 is 6.14. The summed E-state index contributed by atoms with van der Waals surface area (Å²) in [6.45, 7) is 5.90. The largest absolute Gasteiger partial charge is 0.354 e. The molecular weight excluding hydrogens is 210 g/mol. The summed E-state index contributed by atoms with van der Waals surface area (Å²) in [5.74, 6) is 0.962. The van der Waals surface area contributed by atoms with Gasteiger partial charge in [0, 0.05) is 13.1 Å². The summed E-state index contributed by atoms with van der Waals surface area (Å²) in [7, 11) is 0. The Morgan fingerprint density at radius 1 is 1.40 bits per heavy atom. The third-order valence-corrected chi connectivity index (χ3v) is 3.22. The van der Waals surface area contributed by atoms with Crippen LogP contribution in [0.2, 0.25) is 0 Å². The highest BCUT2D eigenvalue weighted by Crippen LogP contribution is 2.20. The van der Waals surface area contributed by atoms with Crippen LogP contribution in [0, 0.1) is 13.8 Å². The lowest BCUT2D eigenvalue weighted by Gasteiger charge is -2.30. The Balaban J connectivity index is 2.18. The maximum absolute atomic E-state index is 6.14. The second kappa shape index (κ2) is 4.35. The molecule has 15 heavy (non-hydrogen) atoms. The molecule has 2 heterocycles. The van der Waals surface area contributed by atoms with Crippen molar-refractivity contribution in [2.75, 3.05) is 18.0 Å². The van der Waals surface area contributed by atoms with Gasteiger partial charge >= 0.3 is 0 Å². The molecule has 0 aromatic carbocycles. The second-order valence-electron chi connectivity index (χ2n) is 4.08. The predicted molar refractivity (Wildman–Crippen MR) is 62.6 cm³/mol. The lowest BCUT2D eigenvalue weighted by molar-refractivity contribution is 0.578. The molecule has 1 saturated heterocycles. The lowest BCUT2D eigenvalue weighted by Crippen LogP contribution is -2.36. The van der Waals surface area contributed by atoms with Crippen molar-refractivity contribution < 1.29 is 0 Å². The molecule has 0 bridgehead atoms. The minimum atomic E-state index is 0.252. The van der Waals surface area contributed by atoms with Crippen LogP contribution in [0.3, 0.4) is 0 Å². The Morgan fingerprint density at radius 3 is 2.87 bits per heavy atom. The predicted octanol–water partition coefficient (Wildman–Crippen LogP) is 2.30. The molecule has 3 nitrogen and oxygen atoms in total. The van der Waals surface area contributed by atoms with Gasteiger partial charge < -0.3 is 4.90 Å². The maximum Gasteiger partial charge on any atom is 0.147 e. The highest BCUT2D eigenvalue weighted by molar-refractivity contribution is 6.21. The quantitative estimate of drug-likeness (QED) is 0.687. The second-order valence-corrected chi connectivity index (χ2v) is 4.70. The van der Waals surface area contributed by atoms with Crippen molar-refractivity contribution >= 4 is 17.4 Å². The van der Waals surface area contributed by atoms with Crippen molar-refractivity contribution in [1.29, 1.82) is 0 Å². The fourth-order valence-corrected chi connectivity index (χ4v) is 2.14. The first-order valence-electron chi connectivity index (χ1n) is 5.36. The molecule has 0 aliphatic carbocycles. The van der Waals surface area contributed by atoms with Gasteiger partial charge in [0.15, 0.2) is 0 Å². The molecule has 4 heteroatoms. The van der Waals surface area contributed by atoms with E-state index in [1.54, 1.807) is 0 Å². The van der Waals surface area contributed by atoms with E-state index >= 15 is 0 Å². The molecule has 1 aliphatic heterocycles. The van der Waals surface area contributed by atoms with Crippen molar-refractivity contribution in [3.8, 4) is 0 Å². The van der Waals surface area contributed by atoms with Crippen molar-refractivity contribution in [2.24, 2.45) is 0 Å². The van der Waals surface area contributed by atoms with Gasteiger partial charge in [-0.2, -0.15) is 0 Å². The lowest BCUT2D eigenvalue weighted by atomic mass is 10.1. The Labute approximate surface area is 95.5 Å². The number of piperidine rings is 1. The summed E-state index contributed by atoms with van der Waals surface area (Å²) in [6, 6.07) is 0. The van der Waals surface area contributed by atoms with E-state index in [0.29, 0.717) is 0 Å². The number of rotatable bonds is 1. The summed E-state index contributed by atoms with van der Waals surface area (Å²) in [4.78, 5) is 11.1. The van der Waals surface area contributed by atoms with E-state index in [2.05, 4.69) is 14.9 Å². The minimum absolute atomic E-state index is 0.252. The SMILES string of the molecule is Cc1ncc(N2CCCC(Cl)C2)nc1C. The number of aromatic nitrogens is 2. The van der Waals surface area contributed by atoms with Crippen molar-refractivity contribution in [1.82, 2.24) is 9.97 Å². The van der Waals surface area contributed by atoms with Crippen molar-refractivity contribution in [2.45, 2.75) is 32.1 Å². The molecule has 1 aliphatic rings. The molecule has 0 radical (unpaired) electrons. The van der Waals surface area contributed by atoms with E-state index in [4.69, 9.17) is 11.6 Å². The summed E-state index contributed by atoms with van der Waals surface area (Å²) in [5.41, 5.74) is 2.00. The van der Waals surface area contributed by atoms with Gasteiger partial charge in [0.25, 0.3) is 0 Å². The Kier molecular flexibility index (Phi) is 3.10. The Morgan fingerprint density at radius 2 is 2.20 bits per heavy atom. The molecule has 0 amide bonds. The van der Waals surface area contributed by atoms with E-state index in [9.17, 15) is 0 Å². The molecule has 0 N–H and O–H groups in total.